The predicted octanol–water partition coefficient (Wildman–Crippen LogP) is 1.85. The van der Waals surface area contributed by atoms with Gasteiger partial charge in [-0.3, -0.25) is 4.79 Å². The number of benzene rings is 1. The van der Waals surface area contributed by atoms with E-state index in [2.05, 4.69) is 26.7 Å². The van der Waals surface area contributed by atoms with Crippen LogP contribution in [-0.4, -0.2) is 63.7 Å². The van der Waals surface area contributed by atoms with Gasteiger partial charge in [0.2, 0.25) is 5.91 Å². The van der Waals surface area contributed by atoms with Crippen LogP contribution in [0.3, 0.4) is 0 Å². The molecule has 4 rings (SSSR count). The van der Waals surface area contributed by atoms with Crippen molar-refractivity contribution in [1.82, 2.24) is 24.6 Å². The molecule has 1 atom stereocenters. The number of halogens is 1. The molecule has 0 bridgehead atoms. The minimum atomic E-state index is -0.278. The van der Waals surface area contributed by atoms with Crippen molar-refractivity contribution < 1.29 is 9.18 Å². The summed E-state index contributed by atoms with van der Waals surface area (Å²) >= 11 is 0. The van der Waals surface area contributed by atoms with Crippen molar-refractivity contribution >= 4 is 5.91 Å². The van der Waals surface area contributed by atoms with E-state index in [1.54, 1.807) is 12.1 Å². The molecular formula is C20H26FN5O. The number of amides is 1. The Bertz CT molecular complexity index is 803. The molecule has 1 unspecified atom stereocenters. The molecule has 6 nitrogen and oxygen atoms in total. The molecule has 0 saturated carbocycles. The van der Waals surface area contributed by atoms with Crippen molar-refractivity contribution in [1.29, 1.82) is 0 Å². The highest BCUT2D eigenvalue weighted by atomic mass is 19.1. The Labute approximate surface area is 159 Å². The van der Waals surface area contributed by atoms with Crippen LogP contribution < -0.4 is 0 Å². The Morgan fingerprint density at radius 2 is 1.96 bits per heavy atom. The summed E-state index contributed by atoms with van der Waals surface area (Å²) in [5.74, 6) is 2.28. The fourth-order valence-corrected chi connectivity index (χ4v) is 4.16. The van der Waals surface area contributed by atoms with Gasteiger partial charge in [-0.2, -0.15) is 0 Å². The van der Waals surface area contributed by atoms with E-state index in [1.165, 1.54) is 18.6 Å². The van der Waals surface area contributed by atoms with E-state index < -0.39 is 0 Å². The van der Waals surface area contributed by atoms with Gasteiger partial charge in [0.05, 0.1) is 6.42 Å². The lowest BCUT2D eigenvalue weighted by atomic mass is 9.97. The largest absolute Gasteiger partial charge is 0.340 e. The zero-order valence-corrected chi connectivity index (χ0v) is 15.8. The van der Waals surface area contributed by atoms with Crippen molar-refractivity contribution in [2.75, 3.05) is 33.2 Å². The molecule has 0 spiro atoms. The molecule has 0 aliphatic carbocycles. The van der Waals surface area contributed by atoms with Gasteiger partial charge in [-0.1, -0.05) is 12.1 Å². The van der Waals surface area contributed by atoms with Crippen LogP contribution in [0.2, 0.25) is 0 Å². The molecule has 1 aromatic carbocycles. The van der Waals surface area contributed by atoms with Gasteiger partial charge in [0.25, 0.3) is 0 Å². The molecule has 2 aromatic rings. The van der Waals surface area contributed by atoms with E-state index in [0.717, 1.165) is 49.7 Å². The van der Waals surface area contributed by atoms with E-state index in [-0.39, 0.29) is 11.7 Å². The highest BCUT2D eigenvalue weighted by Crippen LogP contribution is 2.26. The minimum absolute atomic E-state index is 0.0827. The van der Waals surface area contributed by atoms with Crippen molar-refractivity contribution in [3.8, 4) is 0 Å². The smallest absolute Gasteiger partial charge is 0.227 e. The van der Waals surface area contributed by atoms with E-state index >= 15 is 0 Å². The van der Waals surface area contributed by atoms with Gasteiger partial charge in [0.15, 0.2) is 0 Å². The van der Waals surface area contributed by atoms with Crippen molar-refractivity contribution in [3.63, 3.8) is 0 Å². The van der Waals surface area contributed by atoms with Gasteiger partial charge in [-0.05, 0) is 44.1 Å². The van der Waals surface area contributed by atoms with Crippen LogP contribution in [0.5, 0.6) is 0 Å². The third-order valence-corrected chi connectivity index (χ3v) is 5.67. The molecule has 1 amide bonds. The molecule has 144 valence electrons. The van der Waals surface area contributed by atoms with Crippen LogP contribution in [-0.2, 0) is 24.2 Å². The van der Waals surface area contributed by atoms with Crippen LogP contribution in [0.25, 0.3) is 0 Å². The maximum absolute atomic E-state index is 13.1. The van der Waals surface area contributed by atoms with Gasteiger partial charge in [0.1, 0.15) is 17.5 Å². The SMILES string of the molecule is CN1CCCC(c2nnc3n2CCN(C(=O)Cc2ccc(F)cc2)CC3)C1. The highest BCUT2D eigenvalue weighted by molar-refractivity contribution is 5.78. The number of rotatable bonds is 3. The maximum Gasteiger partial charge on any atom is 0.227 e. The van der Waals surface area contributed by atoms with Crippen molar-refractivity contribution in [2.24, 2.45) is 0 Å². The fourth-order valence-electron chi connectivity index (χ4n) is 4.16. The van der Waals surface area contributed by atoms with E-state index in [1.807, 2.05) is 4.90 Å². The number of fused-ring (bicyclic) bond motifs is 1. The molecule has 1 fully saturated rings. The number of aromatic nitrogens is 3. The molecule has 2 aliphatic heterocycles. The molecule has 1 aromatic heterocycles. The lowest BCUT2D eigenvalue weighted by Gasteiger charge is -2.29. The summed E-state index contributed by atoms with van der Waals surface area (Å²) in [4.78, 5) is 16.9. The van der Waals surface area contributed by atoms with Crippen LogP contribution in [0.4, 0.5) is 4.39 Å². The Kier molecular flexibility index (Phi) is 5.20. The second-order valence-electron chi connectivity index (χ2n) is 7.66. The van der Waals surface area contributed by atoms with Gasteiger partial charge in [-0.15, -0.1) is 10.2 Å². The monoisotopic (exact) mass is 371 g/mol. The quantitative estimate of drug-likeness (QED) is 0.826. The summed E-state index contributed by atoms with van der Waals surface area (Å²) in [6.07, 6.45) is 3.37. The summed E-state index contributed by atoms with van der Waals surface area (Å²) in [7, 11) is 2.15. The van der Waals surface area contributed by atoms with Crippen LogP contribution in [0.1, 0.15) is 36.0 Å². The topological polar surface area (TPSA) is 54.3 Å². The van der Waals surface area contributed by atoms with Gasteiger partial charge >= 0.3 is 0 Å². The van der Waals surface area contributed by atoms with E-state index in [9.17, 15) is 9.18 Å². The molecule has 0 radical (unpaired) electrons. The first-order chi connectivity index (χ1) is 13.1. The third-order valence-electron chi connectivity index (χ3n) is 5.67. The predicted molar refractivity (Wildman–Crippen MR) is 99.9 cm³/mol. The zero-order valence-electron chi connectivity index (χ0n) is 15.8. The maximum atomic E-state index is 13.1. The van der Waals surface area contributed by atoms with Crippen LogP contribution in [0, 0.1) is 5.82 Å². The van der Waals surface area contributed by atoms with E-state index in [0.29, 0.717) is 25.4 Å². The summed E-state index contributed by atoms with van der Waals surface area (Å²) in [5.41, 5.74) is 0.844. The average molecular weight is 371 g/mol. The van der Waals surface area contributed by atoms with Crippen LogP contribution >= 0.6 is 0 Å². The first-order valence-electron chi connectivity index (χ1n) is 9.73. The Morgan fingerprint density at radius 3 is 2.74 bits per heavy atom. The number of carbonyl (C=O) groups excluding carboxylic acids is 1. The van der Waals surface area contributed by atoms with E-state index in [4.69, 9.17) is 0 Å². The normalized spacial score (nSPS) is 21.0. The van der Waals surface area contributed by atoms with Gasteiger partial charge in [-0.25, -0.2) is 4.39 Å². The molecule has 0 N–H and O–H groups in total. The first-order valence-corrected chi connectivity index (χ1v) is 9.73. The highest BCUT2D eigenvalue weighted by Gasteiger charge is 2.27. The lowest BCUT2D eigenvalue weighted by Crippen LogP contribution is -2.35. The number of carbonyl (C=O) groups is 1. The summed E-state index contributed by atoms with van der Waals surface area (Å²) in [5, 5.41) is 8.91. The second kappa shape index (κ2) is 7.76. The standard InChI is InChI=1S/C20H26FN5O/c1-24-9-2-3-16(14-24)20-23-22-18-8-10-25(11-12-26(18)20)19(27)13-15-4-6-17(21)7-5-15/h4-7,16H,2-3,8-14H2,1H3. The minimum Gasteiger partial charge on any atom is -0.340 e. The number of hydrogen-bond donors (Lipinski definition) is 0. The molecule has 2 aliphatic rings. The molecule has 1 saturated heterocycles. The molecular weight excluding hydrogens is 345 g/mol. The number of hydrogen-bond acceptors (Lipinski definition) is 4. The Morgan fingerprint density at radius 1 is 1.15 bits per heavy atom. The number of likely N-dealkylation sites (tertiary alicyclic amines) is 1. The van der Waals surface area contributed by atoms with Crippen LogP contribution in [0.15, 0.2) is 24.3 Å². The summed E-state index contributed by atoms with van der Waals surface area (Å²) in [6, 6.07) is 6.16. The molecule has 3 heterocycles. The lowest BCUT2D eigenvalue weighted by molar-refractivity contribution is -0.130. The number of piperidine rings is 1. The first kappa shape index (κ1) is 18.1. The fraction of sp³-hybridized carbons (Fsp3) is 0.550. The summed E-state index contributed by atoms with van der Waals surface area (Å²) < 4.78 is 15.3. The zero-order chi connectivity index (χ0) is 18.8. The number of likely N-dealkylation sites (N-methyl/N-ethyl adjacent to an activating group) is 1. The Hall–Kier alpha value is -2.28. The van der Waals surface area contributed by atoms with Crippen molar-refractivity contribution in [2.45, 2.75) is 38.1 Å². The van der Waals surface area contributed by atoms with Crippen molar-refractivity contribution in [3.05, 3.63) is 47.3 Å². The Balaban J connectivity index is 1.42. The van der Waals surface area contributed by atoms with Gasteiger partial charge < -0.3 is 14.4 Å². The van der Waals surface area contributed by atoms with Gasteiger partial charge in [0, 0.05) is 38.5 Å². The average Bonchev–Trinajstić information content (AvgIpc) is 2.95. The summed E-state index contributed by atoms with van der Waals surface area (Å²) in [6.45, 7) is 4.23. The number of nitrogens with zero attached hydrogens (tertiary/aromatic N) is 5. The molecule has 27 heavy (non-hydrogen) atoms. The molecule has 7 heteroatoms. The third kappa shape index (κ3) is 4.03. The second-order valence-corrected chi connectivity index (χ2v) is 7.66.